The Morgan fingerprint density at radius 1 is 1.00 bits per heavy atom. The first-order valence-electron chi connectivity index (χ1n) is 9.47. The molecule has 0 atom stereocenters. The highest BCUT2D eigenvalue weighted by Crippen LogP contribution is 2.29. The van der Waals surface area contributed by atoms with E-state index in [0.717, 1.165) is 42.2 Å². The van der Waals surface area contributed by atoms with Crippen LogP contribution in [0.5, 0.6) is 0 Å². The lowest BCUT2D eigenvalue weighted by Gasteiger charge is -2.35. The molecule has 1 aromatic carbocycles. The van der Waals surface area contributed by atoms with Crippen molar-refractivity contribution in [1.29, 1.82) is 5.26 Å². The second-order valence-corrected chi connectivity index (χ2v) is 7.13. The molecule has 1 saturated heterocycles. The molecule has 4 rings (SSSR count). The zero-order valence-electron chi connectivity index (χ0n) is 16.0. The number of nitriles is 1. The van der Waals surface area contributed by atoms with Crippen LogP contribution in [0.3, 0.4) is 0 Å². The quantitative estimate of drug-likeness (QED) is 0.708. The Labute approximate surface area is 171 Å². The average molecular weight is 412 g/mol. The number of nitrogens with one attached hydrogen (secondary N) is 1. The van der Waals surface area contributed by atoms with Gasteiger partial charge in [0.1, 0.15) is 5.82 Å². The average Bonchev–Trinajstić information content (AvgIpc) is 3.22. The number of nitrogens with zero attached hydrogens (tertiary/aromatic N) is 5. The highest BCUT2D eigenvalue weighted by molar-refractivity contribution is 5.63. The van der Waals surface area contributed by atoms with E-state index in [-0.39, 0.29) is 0 Å². The SMILES string of the molecule is N#Cc1ccc(-c2[nH]ncc2CN2CCN(c3ccc(C(F)(F)F)cn3)CC2)cc1. The largest absolute Gasteiger partial charge is 0.417 e. The number of rotatable bonds is 4. The van der Waals surface area contributed by atoms with Gasteiger partial charge in [-0.25, -0.2) is 4.98 Å². The first kappa shape index (κ1) is 19.9. The number of alkyl halides is 3. The van der Waals surface area contributed by atoms with E-state index in [1.165, 1.54) is 6.07 Å². The van der Waals surface area contributed by atoms with Crippen molar-refractivity contribution in [2.75, 3.05) is 31.1 Å². The van der Waals surface area contributed by atoms with Gasteiger partial charge in [-0.05, 0) is 29.8 Å². The maximum Gasteiger partial charge on any atom is 0.417 e. The number of aromatic amines is 1. The van der Waals surface area contributed by atoms with Crippen LogP contribution in [0.4, 0.5) is 19.0 Å². The van der Waals surface area contributed by atoms with E-state index < -0.39 is 11.7 Å². The van der Waals surface area contributed by atoms with Crippen LogP contribution in [0.2, 0.25) is 0 Å². The van der Waals surface area contributed by atoms with Crippen LogP contribution < -0.4 is 4.90 Å². The summed E-state index contributed by atoms with van der Waals surface area (Å²) in [6.07, 6.45) is -1.68. The summed E-state index contributed by atoms with van der Waals surface area (Å²) in [7, 11) is 0. The minimum Gasteiger partial charge on any atom is -0.354 e. The summed E-state index contributed by atoms with van der Waals surface area (Å²) in [5.41, 5.74) is 2.81. The van der Waals surface area contributed by atoms with Crippen LogP contribution in [-0.4, -0.2) is 46.3 Å². The van der Waals surface area contributed by atoms with Crippen LogP contribution in [0.15, 0.2) is 48.8 Å². The van der Waals surface area contributed by atoms with Crippen LogP contribution in [0.1, 0.15) is 16.7 Å². The number of anilines is 1. The van der Waals surface area contributed by atoms with Gasteiger partial charge in [0.25, 0.3) is 0 Å². The van der Waals surface area contributed by atoms with Crippen molar-refractivity contribution in [3.63, 3.8) is 0 Å². The third kappa shape index (κ3) is 4.28. The van der Waals surface area contributed by atoms with E-state index in [4.69, 9.17) is 5.26 Å². The number of benzene rings is 1. The highest BCUT2D eigenvalue weighted by atomic mass is 19.4. The lowest BCUT2D eigenvalue weighted by Crippen LogP contribution is -2.46. The smallest absolute Gasteiger partial charge is 0.354 e. The number of piperazine rings is 1. The summed E-state index contributed by atoms with van der Waals surface area (Å²) in [5, 5.41) is 16.1. The summed E-state index contributed by atoms with van der Waals surface area (Å²) < 4.78 is 38.1. The summed E-state index contributed by atoms with van der Waals surface area (Å²) in [6, 6.07) is 11.9. The molecule has 3 heterocycles. The van der Waals surface area contributed by atoms with Gasteiger partial charge in [-0.3, -0.25) is 10.00 Å². The molecule has 0 amide bonds. The Hall–Kier alpha value is -3.38. The molecule has 3 aromatic rings. The Kier molecular flexibility index (Phi) is 5.42. The second kappa shape index (κ2) is 8.16. The first-order valence-corrected chi connectivity index (χ1v) is 9.47. The molecule has 30 heavy (non-hydrogen) atoms. The molecule has 0 aliphatic carbocycles. The maximum absolute atomic E-state index is 12.7. The van der Waals surface area contributed by atoms with E-state index >= 15 is 0 Å². The zero-order chi connectivity index (χ0) is 21.1. The van der Waals surface area contributed by atoms with Crippen LogP contribution in [-0.2, 0) is 12.7 Å². The molecule has 1 aliphatic heterocycles. The van der Waals surface area contributed by atoms with Crippen molar-refractivity contribution in [2.45, 2.75) is 12.7 Å². The molecule has 154 valence electrons. The molecule has 1 N–H and O–H groups in total. The van der Waals surface area contributed by atoms with Gasteiger partial charge < -0.3 is 4.90 Å². The molecule has 0 unspecified atom stereocenters. The number of hydrogen-bond acceptors (Lipinski definition) is 5. The van der Waals surface area contributed by atoms with Crippen molar-refractivity contribution in [2.24, 2.45) is 0 Å². The molecular formula is C21H19F3N6. The minimum absolute atomic E-state index is 0.559. The molecular weight excluding hydrogens is 393 g/mol. The van der Waals surface area contributed by atoms with Gasteiger partial charge in [-0.15, -0.1) is 0 Å². The summed E-state index contributed by atoms with van der Waals surface area (Å²) in [4.78, 5) is 8.26. The fourth-order valence-corrected chi connectivity index (χ4v) is 3.51. The van der Waals surface area contributed by atoms with Gasteiger partial charge in [-0.1, -0.05) is 12.1 Å². The van der Waals surface area contributed by atoms with Gasteiger partial charge in [0.2, 0.25) is 0 Å². The van der Waals surface area contributed by atoms with Crippen molar-refractivity contribution in [1.82, 2.24) is 20.1 Å². The van der Waals surface area contributed by atoms with Gasteiger partial charge >= 0.3 is 6.18 Å². The molecule has 1 fully saturated rings. The molecule has 0 bridgehead atoms. The Bertz CT molecular complexity index is 1030. The topological polar surface area (TPSA) is 71.8 Å². The van der Waals surface area contributed by atoms with E-state index in [2.05, 4.69) is 26.2 Å². The summed E-state index contributed by atoms with van der Waals surface area (Å²) >= 11 is 0. The lowest BCUT2D eigenvalue weighted by atomic mass is 10.1. The lowest BCUT2D eigenvalue weighted by molar-refractivity contribution is -0.137. The third-order valence-corrected chi connectivity index (χ3v) is 5.19. The molecule has 1 aliphatic rings. The fraction of sp³-hybridized carbons (Fsp3) is 0.286. The van der Waals surface area contributed by atoms with E-state index in [1.54, 1.807) is 18.3 Å². The molecule has 0 saturated carbocycles. The van der Waals surface area contributed by atoms with Gasteiger partial charge in [0.15, 0.2) is 0 Å². The molecule has 0 radical (unpaired) electrons. The van der Waals surface area contributed by atoms with Gasteiger partial charge in [0, 0.05) is 44.5 Å². The van der Waals surface area contributed by atoms with Gasteiger partial charge in [-0.2, -0.15) is 23.5 Å². The maximum atomic E-state index is 12.7. The van der Waals surface area contributed by atoms with Crippen molar-refractivity contribution in [3.8, 4) is 17.3 Å². The number of hydrogen-bond donors (Lipinski definition) is 1. The monoisotopic (exact) mass is 412 g/mol. The molecule has 2 aromatic heterocycles. The third-order valence-electron chi connectivity index (χ3n) is 5.19. The van der Waals surface area contributed by atoms with Crippen molar-refractivity contribution < 1.29 is 13.2 Å². The Morgan fingerprint density at radius 3 is 2.33 bits per heavy atom. The predicted octanol–water partition coefficient (Wildman–Crippen LogP) is 3.68. The zero-order valence-corrected chi connectivity index (χ0v) is 16.0. The van der Waals surface area contributed by atoms with E-state index in [9.17, 15) is 13.2 Å². The second-order valence-electron chi connectivity index (χ2n) is 7.13. The molecule has 6 nitrogen and oxygen atoms in total. The van der Waals surface area contributed by atoms with E-state index in [1.807, 2.05) is 17.0 Å². The van der Waals surface area contributed by atoms with Crippen LogP contribution in [0.25, 0.3) is 11.3 Å². The number of pyridine rings is 1. The number of aromatic nitrogens is 3. The van der Waals surface area contributed by atoms with E-state index in [0.29, 0.717) is 31.0 Å². The minimum atomic E-state index is -4.37. The van der Waals surface area contributed by atoms with Gasteiger partial charge in [0.05, 0.1) is 29.1 Å². The molecule has 9 heteroatoms. The summed E-state index contributed by atoms with van der Waals surface area (Å²) in [5.74, 6) is 0.559. The van der Waals surface area contributed by atoms with Crippen LogP contribution in [0, 0.1) is 11.3 Å². The predicted molar refractivity (Wildman–Crippen MR) is 105 cm³/mol. The Morgan fingerprint density at radius 2 is 1.73 bits per heavy atom. The Balaban J connectivity index is 1.38. The van der Waals surface area contributed by atoms with Crippen LogP contribution >= 0.6 is 0 Å². The number of halogens is 3. The molecule has 0 spiro atoms. The summed E-state index contributed by atoms with van der Waals surface area (Å²) in [6.45, 7) is 3.60. The number of H-pyrrole nitrogens is 1. The standard InChI is InChI=1S/C21H19F3N6/c22-21(23,24)18-5-6-19(26-13-18)30-9-7-29(8-10-30)14-17-12-27-28-20(17)16-3-1-15(11-25)2-4-16/h1-6,12-13H,7-10,14H2,(H,27,28). The normalized spacial score (nSPS) is 15.2. The fourth-order valence-electron chi connectivity index (χ4n) is 3.51. The first-order chi connectivity index (χ1) is 14.4. The highest BCUT2D eigenvalue weighted by Gasteiger charge is 2.31. The van der Waals surface area contributed by atoms with Crippen molar-refractivity contribution in [3.05, 3.63) is 65.5 Å². The van der Waals surface area contributed by atoms with Crippen molar-refractivity contribution >= 4 is 5.82 Å².